The lowest BCUT2D eigenvalue weighted by Crippen LogP contribution is -2.22. The van der Waals surface area contributed by atoms with Crippen molar-refractivity contribution in [2.45, 2.75) is 12.7 Å². The van der Waals surface area contributed by atoms with Crippen LogP contribution in [0.1, 0.15) is 0 Å². The van der Waals surface area contributed by atoms with Crippen LogP contribution in [0.4, 0.5) is 26.3 Å². The fraction of sp³-hybridized carbons (Fsp3) is 0.400. The maximum Gasteiger partial charge on any atom is 0.575 e. The molecule has 0 N–H and O–H groups in total. The number of hydrogen-bond acceptors (Lipinski definition) is 5. The molecule has 1 aromatic heterocycles. The van der Waals surface area contributed by atoms with Crippen LogP contribution in [-0.2, 0) is 0 Å². The van der Waals surface area contributed by atoms with Crippen molar-refractivity contribution in [1.82, 2.24) is 15.0 Å². The van der Waals surface area contributed by atoms with Crippen molar-refractivity contribution >= 4 is 11.6 Å². The van der Waals surface area contributed by atoms with E-state index in [9.17, 15) is 26.3 Å². The highest BCUT2D eigenvalue weighted by molar-refractivity contribution is 6.28. The van der Waals surface area contributed by atoms with Gasteiger partial charge >= 0.3 is 24.7 Å². The summed E-state index contributed by atoms with van der Waals surface area (Å²) in [5.74, 6) is 0. The van der Waals surface area contributed by atoms with Gasteiger partial charge in [-0.05, 0) is 11.6 Å². The van der Waals surface area contributed by atoms with Crippen LogP contribution in [0, 0.1) is 0 Å². The summed E-state index contributed by atoms with van der Waals surface area (Å²) in [7, 11) is 0. The molecule has 0 saturated heterocycles. The van der Waals surface area contributed by atoms with Crippen LogP contribution in [0.3, 0.4) is 0 Å². The standard InChI is InChI=1S/C5ClF6N3O2/c6-1-13-2(16-4(7,8)9)15-3(14-1)17-5(10,11)12. The first-order valence-corrected chi connectivity index (χ1v) is 3.86. The molecule has 1 rings (SSSR count). The van der Waals surface area contributed by atoms with Gasteiger partial charge in [0.1, 0.15) is 0 Å². The Kier molecular flexibility index (Phi) is 3.50. The van der Waals surface area contributed by atoms with Crippen molar-refractivity contribution < 1.29 is 35.8 Å². The third-order valence-electron chi connectivity index (χ3n) is 0.981. The zero-order valence-corrected chi connectivity index (χ0v) is 8.06. The summed E-state index contributed by atoms with van der Waals surface area (Å²) in [5.41, 5.74) is 0. The van der Waals surface area contributed by atoms with Crippen LogP contribution in [0.2, 0.25) is 5.28 Å². The summed E-state index contributed by atoms with van der Waals surface area (Å²) in [6, 6.07) is -2.92. The molecular weight excluding hydrogens is 284 g/mol. The van der Waals surface area contributed by atoms with Gasteiger partial charge in [0.2, 0.25) is 5.28 Å². The van der Waals surface area contributed by atoms with Gasteiger partial charge < -0.3 is 9.47 Å². The molecule has 0 aliphatic heterocycles. The van der Waals surface area contributed by atoms with Crippen LogP contribution in [0.15, 0.2) is 0 Å². The van der Waals surface area contributed by atoms with E-state index in [4.69, 9.17) is 11.6 Å². The molecule has 0 fully saturated rings. The van der Waals surface area contributed by atoms with E-state index in [1.807, 2.05) is 0 Å². The lowest BCUT2D eigenvalue weighted by molar-refractivity contribution is -0.281. The monoisotopic (exact) mass is 283 g/mol. The Morgan fingerprint density at radius 3 is 1.41 bits per heavy atom. The number of ether oxygens (including phenoxy) is 2. The van der Waals surface area contributed by atoms with Crippen LogP contribution >= 0.6 is 11.6 Å². The fourth-order valence-corrected chi connectivity index (χ4v) is 0.758. The number of alkyl halides is 6. The maximum absolute atomic E-state index is 11.7. The quantitative estimate of drug-likeness (QED) is 0.780. The van der Waals surface area contributed by atoms with Crippen molar-refractivity contribution in [3.8, 4) is 12.0 Å². The molecule has 0 amide bonds. The molecule has 12 heteroatoms. The van der Waals surface area contributed by atoms with Crippen molar-refractivity contribution in [3.05, 3.63) is 5.28 Å². The van der Waals surface area contributed by atoms with Crippen LogP contribution in [0.25, 0.3) is 0 Å². The lowest BCUT2D eigenvalue weighted by atomic mass is 10.9. The predicted octanol–water partition coefficient (Wildman–Crippen LogP) is 2.32. The van der Waals surface area contributed by atoms with Gasteiger partial charge in [0.05, 0.1) is 0 Å². The second-order valence-electron chi connectivity index (χ2n) is 2.27. The van der Waals surface area contributed by atoms with Crippen molar-refractivity contribution in [1.29, 1.82) is 0 Å². The van der Waals surface area contributed by atoms with Gasteiger partial charge in [0, 0.05) is 0 Å². The molecule has 0 saturated carbocycles. The first kappa shape index (κ1) is 13.5. The Balaban J connectivity index is 2.95. The fourth-order valence-electron chi connectivity index (χ4n) is 0.613. The average Bonchev–Trinajstić information content (AvgIpc) is 1.93. The van der Waals surface area contributed by atoms with Crippen molar-refractivity contribution in [2.75, 3.05) is 0 Å². The zero-order valence-electron chi connectivity index (χ0n) is 7.30. The molecule has 96 valence electrons. The van der Waals surface area contributed by atoms with Crippen LogP contribution in [-0.4, -0.2) is 27.7 Å². The maximum atomic E-state index is 11.7. The van der Waals surface area contributed by atoms with E-state index < -0.39 is 30.0 Å². The second kappa shape index (κ2) is 4.39. The Morgan fingerprint density at radius 1 is 0.765 bits per heavy atom. The van der Waals surface area contributed by atoms with E-state index in [0.717, 1.165) is 0 Å². The molecule has 0 aromatic carbocycles. The Labute approximate surface area is 93.3 Å². The van der Waals surface area contributed by atoms with Gasteiger partial charge in [-0.1, -0.05) is 0 Å². The molecule has 0 spiro atoms. The Hall–Kier alpha value is -1.52. The van der Waals surface area contributed by atoms with Gasteiger partial charge in [0.25, 0.3) is 0 Å². The van der Waals surface area contributed by atoms with Gasteiger partial charge in [-0.3, -0.25) is 0 Å². The Morgan fingerprint density at radius 2 is 1.12 bits per heavy atom. The zero-order chi connectivity index (χ0) is 13.3. The molecule has 0 bridgehead atoms. The number of aromatic nitrogens is 3. The molecule has 0 radical (unpaired) electrons. The minimum atomic E-state index is -5.18. The van der Waals surface area contributed by atoms with Gasteiger partial charge in [0.15, 0.2) is 0 Å². The number of nitrogens with zero attached hydrogens (tertiary/aromatic N) is 3. The third kappa shape index (κ3) is 5.38. The third-order valence-corrected chi connectivity index (χ3v) is 1.15. The minimum absolute atomic E-state index is 0.946. The molecule has 5 nitrogen and oxygen atoms in total. The first-order chi connectivity index (χ1) is 7.55. The second-order valence-corrected chi connectivity index (χ2v) is 2.60. The number of halogens is 7. The molecule has 0 unspecified atom stereocenters. The van der Waals surface area contributed by atoms with Gasteiger partial charge in [-0.25, -0.2) is 0 Å². The molecular formula is C5ClF6N3O2. The van der Waals surface area contributed by atoms with Crippen molar-refractivity contribution in [3.63, 3.8) is 0 Å². The van der Waals surface area contributed by atoms with Crippen LogP contribution < -0.4 is 9.47 Å². The average molecular weight is 284 g/mol. The summed E-state index contributed by atoms with van der Waals surface area (Å²) in [4.78, 5) is 8.22. The van der Waals surface area contributed by atoms with E-state index in [-0.39, 0.29) is 0 Å². The van der Waals surface area contributed by atoms with Crippen molar-refractivity contribution in [2.24, 2.45) is 0 Å². The van der Waals surface area contributed by atoms with Gasteiger partial charge in [-0.15, -0.1) is 31.3 Å². The highest BCUT2D eigenvalue weighted by Gasteiger charge is 2.35. The highest BCUT2D eigenvalue weighted by Crippen LogP contribution is 2.24. The van der Waals surface area contributed by atoms with E-state index in [2.05, 4.69) is 24.4 Å². The summed E-state index contributed by atoms with van der Waals surface area (Å²) in [6.45, 7) is 0. The summed E-state index contributed by atoms with van der Waals surface area (Å²) < 4.78 is 76.6. The molecule has 17 heavy (non-hydrogen) atoms. The highest BCUT2D eigenvalue weighted by atomic mass is 35.5. The summed E-state index contributed by atoms with van der Waals surface area (Å²) in [5, 5.41) is -0.946. The largest absolute Gasteiger partial charge is 0.575 e. The molecule has 1 aromatic rings. The topological polar surface area (TPSA) is 57.1 Å². The SMILES string of the molecule is FC(F)(F)Oc1nc(Cl)nc(OC(F)(F)F)n1. The van der Waals surface area contributed by atoms with Gasteiger partial charge in [-0.2, -0.15) is 9.97 Å². The molecule has 0 aliphatic carbocycles. The number of rotatable bonds is 2. The smallest absolute Gasteiger partial charge is 0.370 e. The molecule has 0 aliphatic rings. The van der Waals surface area contributed by atoms with E-state index in [1.54, 1.807) is 0 Å². The lowest BCUT2D eigenvalue weighted by Gasteiger charge is -2.09. The number of hydrogen-bond donors (Lipinski definition) is 0. The van der Waals surface area contributed by atoms with Crippen LogP contribution in [0.5, 0.6) is 12.0 Å². The Bertz CT molecular complexity index is 373. The summed E-state index contributed by atoms with van der Waals surface area (Å²) in [6.07, 6.45) is -10.4. The molecule has 1 heterocycles. The molecule has 0 atom stereocenters. The van der Waals surface area contributed by atoms with E-state index >= 15 is 0 Å². The summed E-state index contributed by atoms with van der Waals surface area (Å²) >= 11 is 5.05. The van der Waals surface area contributed by atoms with E-state index in [1.165, 1.54) is 0 Å². The van der Waals surface area contributed by atoms with E-state index in [0.29, 0.717) is 0 Å². The first-order valence-electron chi connectivity index (χ1n) is 3.48. The predicted molar refractivity (Wildman–Crippen MR) is 38.2 cm³/mol. The minimum Gasteiger partial charge on any atom is -0.370 e. The normalized spacial score (nSPS) is 12.4.